The largest absolute Gasteiger partial charge is 0.337 e. The van der Waals surface area contributed by atoms with E-state index in [0.717, 1.165) is 31.0 Å². The lowest BCUT2D eigenvalue weighted by Crippen LogP contribution is -2.51. The van der Waals surface area contributed by atoms with E-state index < -0.39 is 16.6 Å². The van der Waals surface area contributed by atoms with Crippen LogP contribution in [0.3, 0.4) is 0 Å². The summed E-state index contributed by atoms with van der Waals surface area (Å²) in [6.45, 7) is 1.71. The smallest absolute Gasteiger partial charge is 0.266 e. The summed E-state index contributed by atoms with van der Waals surface area (Å²) >= 11 is 7.07. The van der Waals surface area contributed by atoms with E-state index in [1.54, 1.807) is 31.2 Å². The van der Waals surface area contributed by atoms with Gasteiger partial charge >= 0.3 is 0 Å². The Morgan fingerprint density at radius 1 is 1.27 bits per heavy atom. The highest BCUT2D eigenvalue weighted by Gasteiger charge is 2.35. The Morgan fingerprint density at radius 3 is 2.70 bits per heavy atom. The van der Waals surface area contributed by atoms with E-state index in [4.69, 9.17) is 11.6 Å². The van der Waals surface area contributed by atoms with E-state index in [1.165, 1.54) is 22.8 Å². The minimum absolute atomic E-state index is 0.123. The van der Waals surface area contributed by atoms with E-state index in [2.05, 4.69) is 16.4 Å². The van der Waals surface area contributed by atoms with Gasteiger partial charge in [0.15, 0.2) is 5.16 Å². The molecule has 170 valence electrons. The SMILES string of the molecule is C[C@@H](Sc1nc2ccccc2c(=O)n1-c1ccc(F)c(Cl)c1)C(=O)NC1(C#N)CCCCC1. The molecule has 3 aromatic rings. The number of thioether (sulfide) groups is 1. The Labute approximate surface area is 199 Å². The van der Waals surface area contributed by atoms with Crippen molar-refractivity contribution in [3.63, 3.8) is 0 Å². The van der Waals surface area contributed by atoms with Gasteiger partial charge in [-0.05, 0) is 50.1 Å². The third-order valence-corrected chi connectivity index (χ3v) is 7.18. The van der Waals surface area contributed by atoms with Gasteiger partial charge in [0.25, 0.3) is 5.56 Å². The van der Waals surface area contributed by atoms with Crippen LogP contribution in [-0.2, 0) is 4.79 Å². The van der Waals surface area contributed by atoms with Crippen molar-refractivity contribution in [2.75, 3.05) is 0 Å². The van der Waals surface area contributed by atoms with Gasteiger partial charge in [-0.2, -0.15) is 5.26 Å². The number of carbonyl (C=O) groups is 1. The zero-order valence-corrected chi connectivity index (χ0v) is 19.5. The van der Waals surface area contributed by atoms with Crippen molar-refractivity contribution in [1.29, 1.82) is 5.26 Å². The summed E-state index contributed by atoms with van der Waals surface area (Å²) in [6, 6.07) is 13.2. The number of benzene rings is 2. The second-order valence-corrected chi connectivity index (χ2v) is 9.87. The van der Waals surface area contributed by atoms with Crippen LogP contribution in [0.25, 0.3) is 16.6 Å². The van der Waals surface area contributed by atoms with Crippen LogP contribution in [0.5, 0.6) is 0 Å². The first-order valence-corrected chi connectivity index (χ1v) is 12.0. The number of nitriles is 1. The molecule has 1 heterocycles. The predicted octanol–water partition coefficient (Wildman–Crippen LogP) is 5.00. The molecule has 0 saturated heterocycles. The molecule has 1 N–H and O–H groups in total. The highest BCUT2D eigenvalue weighted by molar-refractivity contribution is 8.00. The lowest BCUT2D eigenvalue weighted by molar-refractivity contribution is -0.121. The molecule has 1 aliphatic carbocycles. The van der Waals surface area contributed by atoms with Crippen LogP contribution >= 0.6 is 23.4 Å². The quantitative estimate of drug-likeness (QED) is 0.406. The summed E-state index contributed by atoms with van der Waals surface area (Å²) in [5, 5.41) is 12.5. The molecule has 1 fully saturated rings. The maximum absolute atomic E-state index is 13.8. The van der Waals surface area contributed by atoms with Gasteiger partial charge in [-0.3, -0.25) is 14.2 Å². The van der Waals surface area contributed by atoms with E-state index in [1.807, 2.05) is 0 Å². The van der Waals surface area contributed by atoms with Crippen molar-refractivity contribution >= 4 is 40.2 Å². The van der Waals surface area contributed by atoms with E-state index in [9.17, 15) is 19.2 Å². The fourth-order valence-electron chi connectivity index (χ4n) is 4.01. The molecule has 1 saturated carbocycles. The molecule has 0 aliphatic heterocycles. The lowest BCUT2D eigenvalue weighted by atomic mass is 9.83. The number of aromatic nitrogens is 2. The van der Waals surface area contributed by atoms with Crippen LogP contribution in [0.15, 0.2) is 52.4 Å². The van der Waals surface area contributed by atoms with Crippen LogP contribution in [0, 0.1) is 17.1 Å². The number of halogens is 2. The van der Waals surface area contributed by atoms with Crippen LogP contribution in [0.1, 0.15) is 39.0 Å². The summed E-state index contributed by atoms with van der Waals surface area (Å²) < 4.78 is 15.1. The number of nitrogens with zero attached hydrogens (tertiary/aromatic N) is 3. The van der Waals surface area contributed by atoms with Crippen molar-refractivity contribution in [2.24, 2.45) is 0 Å². The first kappa shape index (κ1) is 23.3. The third-order valence-electron chi connectivity index (χ3n) is 5.84. The van der Waals surface area contributed by atoms with Gasteiger partial charge in [-0.15, -0.1) is 0 Å². The van der Waals surface area contributed by atoms with Gasteiger partial charge in [0.2, 0.25) is 5.91 Å². The van der Waals surface area contributed by atoms with Crippen LogP contribution in [0.4, 0.5) is 4.39 Å². The van der Waals surface area contributed by atoms with Gasteiger partial charge in [-0.25, -0.2) is 9.37 Å². The van der Waals surface area contributed by atoms with Gasteiger partial charge in [0, 0.05) is 0 Å². The predicted molar refractivity (Wildman–Crippen MR) is 127 cm³/mol. The van der Waals surface area contributed by atoms with Crippen molar-refractivity contribution in [1.82, 2.24) is 14.9 Å². The van der Waals surface area contributed by atoms with Crippen LogP contribution in [0.2, 0.25) is 5.02 Å². The van der Waals surface area contributed by atoms with E-state index >= 15 is 0 Å². The summed E-state index contributed by atoms with van der Waals surface area (Å²) in [6.07, 6.45) is 4.09. The fourth-order valence-corrected chi connectivity index (χ4v) is 5.11. The normalized spacial score (nSPS) is 16.2. The topological polar surface area (TPSA) is 87.8 Å². The monoisotopic (exact) mass is 484 g/mol. The molecule has 4 rings (SSSR count). The standard InChI is InChI=1S/C24H22ClFN4O2S/c1-15(21(31)29-24(14-27)11-5-2-6-12-24)33-23-28-20-8-4-3-7-17(20)22(32)30(23)16-9-10-19(26)18(25)13-16/h3-4,7-10,13,15H,2,5-6,11-12H2,1H3,(H,29,31)/t15-/m1/s1. The van der Waals surface area contributed by atoms with Crippen LogP contribution < -0.4 is 10.9 Å². The number of nitrogens with one attached hydrogen (secondary N) is 1. The number of carbonyl (C=O) groups excluding carboxylic acids is 1. The van der Waals surface area contributed by atoms with Gasteiger partial charge in [0.05, 0.1) is 32.9 Å². The number of rotatable bonds is 5. The maximum Gasteiger partial charge on any atom is 0.266 e. The summed E-state index contributed by atoms with van der Waals surface area (Å²) in [7, 11) is 0. The first-order chi connectivity index (χ1) is 15.8. The summed E-state index contributed by atoms with van der Waals surface area (Å²) in [4.78, 5) is 31.0. The van der Waals surface area contributed by atoms with Crippen LogP contribution in [-0.4, -0.2) is 26.2 Å². The molecule has 2 aromatic carbocycles. The minimum atomic E-state index is -0.856. The molecule has 1 aliphatic rings. The van der Waals surface area contributed by atoms with E-state index in [0.29, 0.717) is 29.4 Å². The summed E-state index contributed by atoms with van der Waals surface area (Å²) in [5.74, 6) is -0.895. The molecule has 0 unspecified atom stereocenters. The first-order valence-electron chi connectivity index (χ1n) is 10.7. The Bertz CT molecular complexity index is 1310. The summed E-state index contributed by atoms with van der Waals surface area (Å²) in [5.41, 5.74) is -0.368. The molecule has 1 atom stereocenters. The Morgan fingerprint density at radius 2 is 2.00 bits per heavy atom. The second kappa shape index (κ2) is 9.54. The van der Waals surface area contributed by atoms with Crippen molar-refractivity contribution in [3.05, 3.63) is 63.7 Å². The Kier molecular flexibility index (Phi) is 6.73. The second-order valence-electron chi connectivity index (χ2n) is 8.15. The maximum atomic E-state index is 13.8. The zero-order chi connectivity index (χ0) is 23.6. The number of fused-ring (bicyclic) bond motifs is 1. The van der Waals surface area contributed by atoms with Crippen molar-refractivity contribution < 1.29 is 9.18 Å². The van der Waals surface area contributed by atoms with Gasteiger partial charge < -0.3 is 5.32 Å². The molecule has 9 heteroatoms. The van der Waals surface area contributed by atoms with Gasteiger partial charge in [-0.1, -0.05) is 54.8 Å². The van der Waals surface area contributed by atoms with Crippen molar-refractivity contribution in [2.45, 2.75) is 55.0 Å². The van der Waals surface area contributed by atoms with E-state index in [-0.39, 0.29) is 21.6 Å². The molecule has 1 amide bonds. The molecule has 0 spiro atoms. The molecule has 1 aromatic heterocycles. The molecule has 6 nitrogen and oxygen atoms in total. The molecule has 0 bridgehead atoms. The highest BCUT2D eigenvalue weighted by atomic mass is 35.5. The van der Waals surface area contributed by atoms with Crippen molar-refractivity contribution in [3.8, 4) is 11.8 Å². The average Bonchev–Trinajstić information content (AvgIpc) is 2.82. The number of hydrogen-bond donors (Lipinski definition) is 1. The number of para-hydroxylation sites is 1. The lowest BCUT2D eigenvalue weighted by Gasteiger charge is -2.32. The Balaban J connectivity index is 1.72. The molecule has 0 radical (unpaired) electrons. The molecular formula is C24H22ClFN4O2S. The van der Waals surface area contributed by atoms with Gasteiger partial charge in [0.1, 0.15) is 11.4 Å². The number of amides is 1. The number of hydrogen-bond acceptors (Lipinski definition) is 5. The minimum Gasteiger partial charge on any atom is -0.337 e. The average molecular weight is 485 g/mol. The highest BCUT2D eigenvalue weighted by Crippen LogP contribution is 2.30. The molecular weight excluding hydrogens is 463 g/mol. The molecule has 33 heavy (non-hydrogen) atoms. The fraction of sp³-hybridized carbons (Fsp3) is 0.333. The zero-order valence-electron chi connectivity index (χ0n) is 18.0. The third kappa shape index (κ3) is 4.75. The Hall–Kier alpha value is -2.89.